The molecule has 1 amide bonds. The molecule has 0 aliphatic heterocycles. The molecule has 0 aliphatic carbocycles. The smallest absolute Gasteiger partial charge is 0.341 e. The summed E-state index contributed by atoms with van der Waals surface area (Å²) in [5, 5.41) is 4.33. The minimum Gasteiger partial charge on any atom is -0.462 e. The molecule has 1 aromatic heterocycles. The van der Waals surface area contributed by atoms with Gasteiger partial charge in [0.1, 0.15) is 5.00 Å². The first kappa shape index (κ1) is 17.2. The fourth-order valence-corrected chi connectivity index (χ4v) is 3.19. The lowest BCUT2D eigenvalue weighted by atomic mass is 10.1. The molecular formula is C14H20BrNO3S. The number of hydrogen-bond acceptors (Lipinski definition) is 4. The number of carbonyl (C=O) groups excluding carboxylic acids is 2. The highest BCUT2D eigenvalue weighted by atomic mass is 79.9. The lowest BCUT2D eigenvalue weighted by molar-refractivity contribution is -0.116. The van der Waals surface area contributed by atoms with Gasteiger partial charge in [0.2, 0.25) is 5.91 Å². The number of thiophene rings is 1. The van der Waals surface area contributed by atoms with Gasteiger partial charge in [-0.2, -0.15) is 0 Å². The Labute approximate surface area is 132 Å². The number of hydrogen-bond donors (Lipinski definition) is 1. The number of esters is 1. The average molecular weight is 362 g/mol. The lowest BCUT2D eigenvalue weighted by Gasteiger charge is -2.07. The maximum atomic E-state index is 12.0. The molecule has 0 saturated carbocycles. The van der Waals surface area contributed by atoms with Crippen molar-refractivity contribution in [3.05, 3.63) is 16.0 Å². The van der Waals surface area contributed by atoms with Crippen molar-refractivity contribution in [3.8, 4) is 0 Å². The molecule has 1 rings (SSSR count). The summed E-state index contributed by atoms with van der Waals surface area (Å²) >= 11 is 4.76. The van der Waals surface area contributed by atoms with Gasteiger partial charge in [-0.3, -0.25) is 4.79 Å². The van der Waals surface area contributed by atoms with Gasteiger partial charge >= 0.3 is 5.97 Å². The number of nitrogens with one attached hydrogen (secondary N) is 1. The van der Waals surface area contributed by atoms with Gasteiger partial charge in [-0.25, -0.2) is 4.79 Å². The molecule has 1 heterocycles. The zero-order valence-corrected chi connectivity index (χ0v) is 14.4. The van der Waals surface area contributed by atoms with Gasteiger partial charge in [0, 0.05) is 16.6 Å². The minimum atomic E-state index is -0.370. The molecule has 1 aromatic rings. The summed E-state index contributed by atoms with van der Waals surface area (Å²) in [6.07, 6.45) is 2.25. The summed E-state index contributed by atoms with van der Waals surface area (Å²) in [4.78, 5) is 24.9. The SMILES string of the molecule is CCOC(=O)c1c(NC(=O)CCCCBr)sc(C)c1C. The van der Waals surface area contributed by atoms with E-state index in [-0.39, 0.29) is 11.9 Å². The number of halogens is 1. The maximum Gasteiger partial charge on any atom is 0.341 e. The van der Waals surface area contributed by atoms with Crippen molar-refractivity contribution in [2.24, 2.45) is 0 Å². The fraction of sp³-hybridized carbons (Fsp3) is 0.571. The van der Waals surface area contributed by atoms with Crippen molar-refractivity contribution in [1.29, 1.82) is 0 Å². The van der Waals surface area contributed by atoms with Crippen molar-refractivity contribution >= 4 is 44.1 Å². The first-order chi connectivity index (χ1) is 9.51. The zero-order chi connectivity index (χ0) is 15.1. The van der Waals surface area contributed by atoms with E-state index < -0.39 is 0 Å². The van der Waals surface area contributed by atoms with Gasteiger partial charge in [-0.15, -0.1) is 11.3 Å². The van der Waals surface area contributed by atoms with E-state index in [2.05, 4.69) is 21.2 Å². The number of amides is 1. The predicted octanol–water partition coefficient (Wildman–Crippen LogP) is 4.05. The second kappa shape index (κ2) is 8.42. The Morgan fingerprint density at radius 1 is 1.30 bits per heavy atom. The lowest BCUT2D eigenvalue weighted by Crippen LogP contribution is -2.14. The van der Waals surface area contributed by atoms with Gasteiger partial charge in [0.15, 0.2) is 0 Å². The van der Waals surface area contributed by atoms with E-state index in [0.29, 0.717) is 23.6 Å². The van der Waals surface area contributed by atoms with E-state index in [0.717, 1.165) is 28.6 Å². The van der Waals surface area contributed by atoms with Crippen LogP contribution in [0.5, 0.6) is 0 Å². The summed E-state index contributed by atoms with van der Waals surface area (Å²) in [6, 6.07) is 0. The van der Waals surface area contributed by atoms with Crippen LogP contribution in [0.15, 0.2) is 0 Å². The van der Waals surface area contributed by atoms with Crippen molar-refractivity contribution in [3.63, 3.8) is 0 Å². The molecule has 0 spiro atoms. The molecule has 6 heteroatoms. The number of unbranched alkanes of at least 4 members (excludes halogenated alkanes) is 1. The van der Waals surface area contributed by atoms with Crippen LogP contribution in [-0.4, -0.2) is 23.8 Å². The summed E-state index contributed by atoms with van der Waals surface area (Å²) in [7, 11) is 0. The van der Waals surface area contributed by atoms with Gasteiger partial charge in [-0.05, 0) is 39.2 Å². The van der Waals surface area contributed by atoms with E-state index in [1.807, 2.05) is 13.8 Å². The Bertz CT molecular complexity index is 485. The van der Waals surface area contributed by atoms with E-state index in [4.69, 9.17) is 4.74 Å². The van der Waals surface area contributed by atoms with Gasteiger partial charge < -0.3 is 10.1 Å². The summed E-state index contributed by atoms with van der Waals surface area (Å²) in [5.74, 6) is -0.428. The van der Waals surface area contributed by atoms with Crippen LogP contribution in [-0.2, 0) is 9.53 Å². The molecule has 0 radical (unpaired) electrons. The molecule has 20 heavy (non-hydrogen) atoms. The number of carbonyl (C=O) groups is 2. The molecule has 0 atom stereocenters. The van der Waals surface area contributed by atoms with Crippen LogP contribution in [0, 0.1) is 13.8 Å². The van der Waals surface area contributed by atoms with Crippen LogP contribution in [0.2, 0.25) is 0 Å². The Morgan fingerprint density at radius 2 is 2.00 bits per heavy atom. The number of alkyl halides is 1. The van der Waals surface area contributed by atoms with Crippen molar-refractivity contribution in [2.45, 2.75) is 40.0 Å². The molecule has 1 N–H and O–H groups in total. The molecule has 0 fully saturated rings. The molecule has 0 unspecified atom stereocenters. The van der Waals surface area contributed by atoms with Crippen LogP contribution < -0.4 is 5.32 Å². The molecule has 112 valence electrons. The highest BCUT2D eigenvalue weighted by molar-refractivity contribution is 9.09. The Balaban J connectivity index is 2.81. The predicted molar refractivity (Wildman–Crippen MR) is 86.0 cm³/mol. The Morgan fingerprint density at radius 3 is 2.60 bits per heavy atom. The molecule has 0 aromatic carbocycles. The van der Waals surface area contributed by atoms with Gasteiger partial charge in [0.05, 0.1) is 12.2 Å². The van der Waals surface area contributed by atoms with Crippen LogP contribution in [0.3, 0.4) is 0 Å². The summed E-state index contributed by atoms with van der Waals surface area (Å²) in [5.41, 5.74) is 1.37. The first-order valence-electron chi connectivity index (χ1n) is 6.64. The number of anilines is 1. The van der Waals surface area contributed by atoms with Crippen LogP contribution in [0.1, 0.15) is 47.0 Å². The normalized spacial score (nSPS) is 10.4. The Kier molecular flexibility index (Phi) is 7.23. The van der Waals surface area contributed by atoms with E-state index in [9.17, 15) is 9.59 Å². The largest absolute Gasteiger partial charge is 0.462 e. The number of rotatable bonds is 7. The zero-order valence-electron chi connectivity index (χ0n) is 12.0. The molecule has 4 nitrogen and oxygen atoms in total. The molecular weight excluding hydrogens is 342 g/mol. The van der Waals surface area contributed by atoms with Gasteiger partial charge in [0.25, 0.3) is 0 Å². The van der Waals surface area contributed by atoms with Crippen LogP contribution in [0.4, 0.5) is 5.00 Å². The molecule has 0 bridgehead atoms. The van der Waals surface area contributed by atoms with E-state index in [1.54, 1.807) is 6.92 Å². The third-order valence-corrected chi connectivity index (χ3v) is 4.59. The third-order valence-electron chi connectivity index (χ3n) is 2.91. The highest BCUT2D eigenvalue weighted by Gasteiger charge is 2.21. The third kappa shape index (κ3) is 4.59. The second-order valence-corrected chi connectivity index (χ2v) is 6.42. The highest BCUT2D eigenvalue weighted by Crippen LogP contribution is 2.33. The second-order valence-electron chi connectivity index (χ2n) is 4.40. The van der Waals surface area contributed by atoms with Crippen molar-refractivity contribution in [2.75, 3.05) is 17.3 Å². The van der Waals surface area contributed by atoms with E-state index >= 15 is 0 Å². The van der Waals surface area contributed by atoms with Crippen molar-refractivity contribution < 1.29 is 14.3 Å². The first-order valence-corrected chi connectivity index (χ1v) is 8.58. The standard InChI is InChI=1S/C14H20BrNO3S/c1-4-19-14(18)12-9(2)10(3)20-13(12)16-11(17)7-5-6-8-15/h4-8H2,1-3H3,(H,16,17). The van der Waals surface area contributed by atoms with Crippen LogP contribution in [0.25, 0.3) is 0 Å². The van der Waals surface area contributed by atoms with Crippen molar-refractivity contribution in [1.82, 2.24) is 0 Å². The monoisotopic (exact) mass is 361 g/mol. The molecule has 0 aliphatic rings. The summed E-state index contributed by atoms with van der Waals surface area (Å²) < 4.78 is 5.05. The number of aryl methyl sites for hydroxylation is 1. The van der Waals surface area contributed by atoms with Crippen LogP contribution >= 0.6 is 27.3 Å². The number of ether oxygens (including phenoxy) is 1. The Hall–Kier alpha value is -0.880. The van der Waals surface area contributed by atoms with Gasteiger partial charge in [-0.1, -0.05) is 15.9 Å². The quantitative estimate of drug-likeness (QED) is 0.452. The van der Waals surface area contributed by atoms with E-state index in [1.165, 1.54) is 11.3 Å². The average Bonchev–Trinajstić information content (AvgIpc) is 2.65. The summed E-state index contributed by atoms with van der Waals surface area (Å²) in [6.45, 7) is 5.90. The maximum absolute atomic E-state index is 12.0. The topological polar surface area (TPSA) is 55.4 Å². The fourth-order valence-electron chi connectivity index (χ4n) is 1.73. The molecule has 0 saturated heterocycles. The minimum absolute atomic E-state index is 0.0576.